The molecule has 0 saturated heterocycles. The molecule has 6 nitrogen and oxygen atoms in total. The van der Waals surface area contributed by atoms with Crippen LogP contribution in [0, 0.1) is 13.8 Å². The largest absolute Gasteiger partial charge is 0.481 e. The first-order valence-corrected chi connectivity index (χ1v) is 9.70. The fourth-order valence-electron chi connectivity index (χ4n) is 2.83. The van der Waals surface area contributed by atoms with Gasteiger partial charge in [0.2, 0.25) is 11.7 Å². The van der Waals surface area contributed by atoms with Crippen molar-refractivity contribution in [2.45, 2.75) is 33.4 Å². The molecule has 1 atom stereocenters. The van der Waals surface area contributed by atoms with E-state index in [9.17, 15) is 4.79 Å². The average Bonchev–Trinajstić information content (AvgIpc) is 3.11. The normalized spacial score (nSPS) is 11.9. The minimum absolute atomic E-state index is 0.165. The Balaban J connectivity index is 1.64. The number of likely N-dealkylation sites (N-methyl/N-ethyl adjacent to an activating group) is 1. The van der Waals surface area contributed by atoms with E-state index < -0.39 is 6.10 Å². The lowest BCUT2D eigenvalue weighted by atomic mass is 10.1. The molecular weight excluding hydrogens is 422 g/mol. The standard InChI is InChI=1S/C21H22BrN3O3/c1-13-8-9-18(14(2)10-13)27-15(3)21(26)25(4)12-19-23-20(24-28-19)16-6-5-7-17(22)11-16/h5-11,15H,12H2,1-4H3/t15-/m1/s1. The van der Waals surface area contributed by atoms with Gasteiger partial charge in [0.25, 0.3) is 5.91 Å². The van der Waals surface area contributed by atoms with Crippen molar-refractivity contribution in [3.63, 3.8) is 0 Å². The molecule has 2 aromatic carbocycles. The number of rotatable bonds is 6. The highest BCUT2D eigenvalue weighted by molar-refractivity contribution is 9.10. The summed E-state index contributed by atoms with van der Waals surface area (Å²) in [5.41, 5.74) is 2.99. The molecule has 0 aliphatic heterocycles. The van der Waals surface area contributed by atoms with Gasteiger partial charge in [0.15, 0.2) is 6.10 Å². The van der Waals surface area contributed by atoms with Crippen molar-refractivity contribution in [3.05, 3.63) is 64.0 Å². The Morgan fingerprint density at radius 3 is 2.75 bits per heavy atom. The molecule has 1 heterocycles. The highest BCUT2D eigenvalue weighted by Crippen LogP contribution is 2.22. The SMILES string of the molecule is Cc1ccc(O[C@H](C)C(=O)N(C)Cc2nc(-c3cccc(Br)c3)no2)c(C)c1. The summed E-state index contributed by atoms with van der Waals surface area (Å²) in [5, 5.41) is 4.00. The number of amides is 1. The molecule has 28 heavy (non-hydrogen) atoms. The van der Waals surface area contributed by atoms with Gasteiger partial charge in [-0.05, 0) is 44.5 Å². The number of aryl methyl sites for hydroxylation is 2. The summed E-state index contributed by atoms with van der Waals surface area (Å²) in [6, 6.07) is 13.5. The van der Waals surface area contributed by atoms with Crippen molar-refractivity contribution in [2.75, 3.05) is 7.05 Å². The van der Waals surface area contributed by atoms with Crippen LogP contribution >= 0.6 is 15.9 Å². The van der Waals surface area contributed by atoms with Gasteiger partial charge >= 0.3 is 0 Å². The summed E-state index contributed by atoms with van der Waals surface area (Å²) in [6.07, 6.45) is -0.626. The van der Waals surface area contributed by atoms with E-state index in [1.165, 1.54) is 4.90 Å². The highest BCUT2D eigenvalue weighted by Gasteiger charge is 2.22. The Morgan fingerprint density at radius 1 is 1.25 bits per heavy atom. The summed E-state index contributed by atoms with van der Waals surface area (Å²) >= 11 is 3.42. The fraction of sp³-hybridized carbons (Fsp3) is 0.286. The van der Waals surface area contributed by atoms with Gasteiger partial charge in [-0.25, -0.2) is 0 Å². The van der Waals surface area contributed by atoms with Gasteiger partial charge in [0.05, 0.1) is 6.54 Å². The van der Waals surface area contributed by atoms with Crippen molar-refractivity contribution < 1.29 is 14.1 Å². The van der Waals surface area contributed by atoms with Crippen LogP contribution in [0.3, 0.4) is 0 Å². The van der Waals surface area contributed by atoms with E-state index in [2.05, 4.69) is 26.1 Å². The fourth-order valence-corrected chi connectivity index (χ4v) is 3.23. The zero-order valence-corrected chi connectivity index (χ0v) is 17.9. The number of halogens is 1. The number of ether oxygens (including phenoxy) is 1. The van der Waals surface area contributed by atoms with Crippen LogP contribution in [-0.2, 0) is 11.3 Å². The first-order valence-electron chi connectivity index (χ1n) is 8.91. The van der Waals surface area contributed by atoms with Crippen molar-refractivity contribution in [3.8, 4) is 17.1 Å². The maximum atomic E-state index is 12.7. The number of benzene rings is 2. The van der Waals surface area contributed by atoms with Crippen LogP contribution < -0.4 is 4.74 Å². The van der Waals surface area contributed by atoms with Gasteiger partial charge in [-0.3, -0.25) is 4.79 Å². The van der Waals surface area contributed by atoms with Gasteiger partial charge in [0, 0.05) is 17.1 Å². The number of aromatic nitrogens is 2. The Morgan fingerprint density at radius 2 is 2.04 bits per heavy atom. The molecule has 0 aliphatic rings. The smallest absolute Gasteiger partial charge is 0.263 e. The van der Waals surface area contributed by atoms with E-state index in [4.69, 9.17) is 9.26 Å². The molecular formula is C21H22BrN3O3. The van der Waals surface area contributed by atoms with E-state index in [0.717, 1.165) is 21.2 Å². The Labute approximate surface area is 172 Å². The molecule has 3 aromatic rings. The van der Waals surface area contributed by atoms with Gasteiger partial charge in [0.1, 0.15) is 5.75 Å². The summed E-state index contributed by atoms with van der Waals surface area (Å²) in [7, 11) is 1.69. The van der Waals surface area contributed by atoms with Crippen LogP contribution in [-0.4, -0.2) is 34.1 Å². The maximum Gasteiger partial charge on any atom is 0.263 e. The van der Waals surface area contributed by atoms with Crippen LogP contribution in [0.2, 0.25) is 0 Å². The first kappa shape index (κ1) is 20.1. The van der Waals surface area contributed by atoms with Crippen LogP contribution in [0.15, 0.2) is 51.5 Å². The quantitative estimate of drug-likeness (QED) is 0.559. The third kappa shape index (κ3) is 4.78. The summed E-state index contributed by atoms with van der Waals surface area (Å²) in [4.78, 5) is 18.6. The van der Waals surface area contributed by atoms with Crippen molar-refractivity contribution in [2.24, 2.45) is 0 Å². The number of hydrogen-bond donors (Lipinski definition) is 0. The van der Waals surface area contributed by atoms with E-state index in [-0.39, 0.29) is 12.5 Å². The van der Waals surface area contributed by atoms with Crippen molar-refractivity contribution in [1.29, 1.82) is 0 Å². The zero-order valence-electron chi connectivity index (χ0n) is 16.3. The minimum atomic E-state index is -0.626. The summed E-state index contributed by atoms with van der Waals surface area (Å²) in [5.74, 6) is 1.39. The summed E-state index contributed by atoms with van der Waals surface area (Å²) in [6.45, 7) is 5.93. The Kier molecular flexibility index (Phi) is 6.14. The van der Waals surface area contributed by atoms with E-state index >= 15 is 0 Å². The average molecular weight is 444 g/mol. The number of hydrogen-bond acceptors (Lipinski definition) is 5. The van der Waals surface area contributed by atoms with Crippen LogP contribution in [0.1, 0.15) is 23.9 Å². The Bertz CT molecular complexity index is 987. The molecule has 0 radical (unpaired) electrons. The lowest BCUT2D eigenvalue weighted by molar-refractivity contribution is -0.137. The monoisotopic (exact) mass is 443 g/mol. The van der Waals surface area contributed by atoms with Crippen LogP contribution in [0.4, 0.5) is 0 Å². The second-order valence-corrected chi connectivity index (χ2v) is 7.66. The highest BCUT2D eigenvalue weighted by atomic mass is 79.9. The number of nitrogens with zero attached hydrogens (tertiary/aromatic N) is 3. The number of carbonyl (C=O) groups is 1. The van der Waals surface area contributed by atoms with E-state index in [0.29, 0.717) is 17.5 Å². The third-order valence-electron chi connectivity index (χ3n) is 4.28. The molecule has 0 fully saturated rings. The van der Waals surface area contributed by atoms with Crippen LogP contribution in [0.25, 0.3) is 11.4 Å². The van der Waals surface area contributed by atoms with E-state index in [1.807, 2.05) is 56.3 Å². The zero-order chi connectivity index (χ0) is 20.3. The second kappa shape index (κ2) is 8.56. The van der Waals surface area contributed by atoms with Gasteiger partial charge in [-0.15, -0.1) is 0 Å². The number of carbonyl (C=O) groups excluding carboxylic acids is 1. The van der Waals surface area contributed by atoms with Gasteiger partial charge in [-0.2, -0.15) is 4.98 Å². The lowest BCUT2D eigenvalue weighted by Crippen LogP contribution is -2.37. The predicted octanol–water partition coefficient (Wildman–Crippen LogP) is 4.54. The van der Waals surface area contributed by atoms with Crippen LogP contribution in [0.5, 0.6) is 5.75 Å². The van der Waals surface area contributed by atoms with Crippen molar-refractivity contribution >= 4 is 21.8 Å². The van der Waals surface area contributed by atoms with Gasteiger partial charge in [-0.1, -0.05) is 50.9 Å². The Hall–Kier alpha value is -2.67. The van der Waals surface area contributed by atoms with E-state index in [1.54, 1.807) is 14.0 Å². The lowest BCUT2D eigenvalue weighted by Gasteiger charge is -2.21. The predicted molar refractivity (Wildman–Crippen MR) is 110 cm³/mol. The molecule has 0 bridgehead atoms. The van der Waals surface area contributed by atoms with Gasteiger partial charge < -0.3 is 14.2 Å². The first-order chi connectivity index (χ1) is 13.3. The molecule has 7 heteroatoms. The second-order valence-electron chi connectivity index (χ2n) is 6.75. The molecule has 0 spiro atoms. The van der Waals surface area contributed by atoms with Crippen molar-refractivity contribution in [1.82, 2.24) is 15.0 Å². The molecule has 0 N–H and O–H groups in total. The topological polar surface area (TPSA) is 68.5 Å². The molecule has 0 saturated carbocycles. The molecule has 1 amide bonds. The molecule has 0 aliphatic carbocycles. The summed E-state index contributed by atoms with van der Waals surface area (Å²) < 4.78 is 12.1. The molecule has 1 aromatic heterocycles. The molecule has 146 valence electrons. The maximum absolute atomic E-state index is 12.7. The minimum Gasteiger partial charge on any atom is -0.481 e. The molecule has 3 rings (SSSR count). The third-order valence-corrected chi connectivity index (χ3v) is 4.77. The molecule has 0 unspecified atom stereocenters.